The van der Waals surface area contributed by atoms with Crippen molar-refractivity contribution in [3.05, 3.63) is 71.2 Å². The Morgan fingerprint density at radius 3 is 2.56 bits per heavy atom. The Hall–Kier alpha value is -3.19. The Morgan fingerprint density at radius 2 is 1.88 bits per heavy atom. The molecule has 25 heavy (non-hydrogen) atoms. The minimum absolute atomic E-state index is 0.289. The average Bonchev–Trinajstić information content (AvgIpc) is 3.15. The molecule has 1 N–H and O–H groups in total. The summed E-state index contributed by atoms with van der Waals surface area (Å²) < 4.78 is 10.2. The third kappa shape index (κ3) is 4.21. The van der Waals surface area contributed by atoms with Gasteiger partial charge in [0.25, 0.3) is 11.1 Å². The van der Waals surface area contributed by atoms with E-state index in [1.807, 2.05) is 5.38 Å². The molecule has 2 aromatic carbocycles. The Bertz CT molecular complexity index is 876. The molecule has 126 valence electrons. The number of carbonyl (C=O) groups is 2. The van der Waals surface area contributed by atoms with E-state index in [0.717, 1.165) is 0 Å². The lowest BCUT2D eigenvalue weighted by Crippen LogP contribution is -2.12. The summed E-state index contributed by atoms with van der Waals surface area (Å²) in [5.74, 6) is -0.151. The number of methoxy groups -OCH3 is 1. The van der Waals surface area contributed by atoms with Crippen molar-refractivity contribution in [3.63, 3.8) is 0 Å². The number of nitrogens with zero attached hydrogens (tertiary/aromatic N) is 1. The second-order valence-corrected chi connectivity index (χ2v) is 5.81. The maximum Gasteiger partial charge on any atom is 0.337 e. The lowest BCUT2D eigenvalue weighted by molar-refractivity contribution is 0.0600. The van der Waals surface area contributed by atoms with Crippen LogP contribution in [0.5, 0.6) is 10.9 Å². The Balaban J connectivity index is 1.68. The number of esters is 1. The van der Waals surface area contributed by atoms with Crippen LogP contribution in [0.4, 0.5) is 5.69 Å². The maximum atomic E-state index is 12.3. The minimum atomic E-state index is -0.459. The third-order valence-corrected chi connectivity index (χ3v) is 3.92. The van der Waals surface area contributed by atoms with E-state index in [-0.39, 0.29) is 5.91 Å². The van der Waals surface area contributed by atoms with Crippen molar-refractivity contribution in [2.45, 2.75) is 0 Å². The molecule has 3 aromatic rings. The first-order valence-electron chi connectivity index (χ1n) is 7.33. The fourth-order valence-corrected chi connectivity index (χ4v) is 2.59. The smallest absolute Gasteiger partial charge is 0.337 e. The van der Waals surface area contributed by atoms with Crippen LogP contribution in [0.1, 0.15) is 20.7 Å². The van der Waals surface area contributed by atoms with E-state index in [4.69, 9.17) is 4.74 Å². The van der Waals surface area contributed by atoms with Crippen LogP contribution in [-0.2, 0) is 4.74 Å². The van der Waals surface area contributed by atoms with Gasteiger partial charge in [-0.15, -0.1) is 0 Å². The Kier molecular flexibility index (Phi) is 5.06. The zero-order chi connectivity index (χ0) is 17.6. The van der Waals surface area contributed by atoms with Crippen LogP contribution >= 0.6 is 11.3 Å². The first-order chi connectivity index (χ1) is 12.2. The largest absolute Gasteiger partial charge is 0.465 e. The van der Waals surface area contributed by atoms with Crippen molar-refractivity contribution >= 4 is 28.9 Å². The van der Waals surface area contributed by atoms with E-state index in [2.05, 4.69) is 15.0 Å². The highest BCUT2D eigenvalue weighted by molar-refractivity contribution is 7.11. The molecule has 0 fully saturated rings. The first-order valence-corrected chi connectivity index (χ1v) is 8.21. The summed E-state index contributed by atoms with van der Waals surface area (Å²) in [6.07, 6.45) is 1.66. The Morgan fingerprint density at radius 1 is 1.08 bits per heavy atom. The highest BCUT2D eigenvalue weighted by Gasteiger charge is 2.10. The van der Waals surface area contributed by atoms with Crippen molar-refractivity contribution < 1.29 is 19.1 Å². The van der Waals surface area contributed by atoms with Crippen LogP contribution in [0.2, 0.25) is 0 Å². The molecule has 0 radical (unpaired) electrons. The number of thiazole rings is 1. The lowest BCUT2D eigenvalue weighted by atomic mass is 10.1. The van der Waals surface area contributed by atoms with E-state index in [1.54, 1.807) is 54.7 Å². The molecular weight excluding hydrogens is 340 g/mol. The van der Waals surface area contributed by atoms with Crippen LogP contribution in [0.25, 0.3) is 0 Å². The summed E-state index contributed by atoms with van der Waals surface area (Å²) in [6.45, 7) is 0. The highest BCUT2D eigenvalue weighted by atomic mass is 32.1. The molecule has 1 heterocycles. The molecule has 0 spiro atoms. The van der Waals surface area contributed by atoms with Crippen molar-refractivity contribution in [1.82, 2.24) is 4.98 Å². The van der Waals surface area contributed by atoms with Crippen LogP contribution in [0.3, 0.4) is 0 Å². The van der Waals surface area contributed by atoms with Crippen LogP contribution in [0.15, 0.2) is 60.1 Å². The molecule has 1 aromatic heterocycles. The molecule has 0 aliphatic heterocycles. The normalized spacial score (nSPS) is 10.1. The van der Waals surface area contributed by atoms with Gasteiger partial charge in [0.1, 0.15) is 5.75 Å². The second-order valence-electron chi connectivity index (χ2n) is 4.95. The zero-order valence-corrected chi connectivity index (χ0v) is 14.1. The molecular formula is C18H14N2O4S. The molecule has 0 saturated carbocycles. The lowest BCUT2D eigenvalue weighted by Gasteiger charge is -2.07. The number of hydrogen-bond donors (Lipinski definition) is 1. The molecule has 0 aliphatic carbocycles. The number of anilines is 1. The van der Waals surface area contributed by atoms with Gasteiger partial charge in [0.2, 0.25) is 0 Å². The van der Waals surface area contributed by atoms with E-state index >= 15 is 0 Å². The van der Waals surface area contributed by atoms with Crippen molar-refractivity contribution in [2.24, 2.45) is 0 Å². The highest BCUT2D eigenvalue weighted by Crippen LogP contribution is 2.23. The number of nitrogens with one attached hydrogen (secondary N) is 1. The molecule has 0 unspecified atom stereocenters. The Labute approximate surface area is 148 Å². The fourth-order valence-electron chi connectivity index (χ4n) is 2.08. The van der Waals surface area contributed by atoms with Crippen molar-refractivity contribution in [2.75, 3.05) is 12.4 Å². The quantitative estimate of drug-likeness (QED) is 0.702. The maximum absolute atomic E-state index is 12.3. The van der Waals surface area contributed by atoms with E-state index in [9.17, 15) is 9.59 Å². The SMILES string of the molecule is COC(=O)c1cccc(NC(=O)c2ccc(Oc3nccs3)cc2)c1. The van der Waals surface area contributed by atoms with E-state index in [0.29, 0.717) is 27.8 Å². The van der Waals surface area contributed by atoms with Gasteiger partial charge in [-0.05, 0) is 42.5 Å². The molecule has 1 amide bonds. The number of amides is 1. The van der Waals surface area contributed by atoms with Crippen LogP contribution in [0, 0.1) is 0 Å². The number of benzene rings is 2. The summed E-state index contributed by atoms with van der Waals surface area (Å²) in [5.41, 5.74) is 1.35. The summed E-state index contributed by atoms with van der Waals surface area (Å²) in [5, 5.41) is 5.10. The second kappa shape index (κ2) is 7.59. The summed E-state index contributed by atoms with van der Waals surface area (Å²) in [7, 11) is 1.31. The number of aromatic nitrogens is 1. The summed E-state index contributed by atoms with van der Waals surface area (Å²) in [6, 6.07) is 13.3. The molecule has 0 saturated heterocycles. The van der Waals surface area contributed by atoms with Gasteiger partial charge in [0.15, 0.2) is 0 Å². The number of rotatable bonds is 5. The van der Waals surface area contributed by atoms with Gasteiger partial charge in [-0.25, -0.2) is 9.78 Å². The first kappa shape index (κ1) is 16.7. The van der Waals surface area contributed by atoms with E-state index in [1.165, 1.54) is 18.4 Å². The van der Waals surface area contributed by atoms with Gasteiger partial charge in [-0.2, -0.15) is 0 Å². The van der Waals surface area contributed by atoms with Crippen LogP contribution in [-0.4, -0.2) is 24.0 Å². The van der Waals surface area contributed by atoms with Crippen molar-refractivity contribution in [1.29, 1.82) is 0 Å². The molecule has 7 heteroatoms. The number of hydrogen-bond acceptors (Lipinski definition) is 6. The van der Waals surface area contributed by atoms with Gasteiger partial charge in [0.05, 0.1) is 12.7 Å². The van der Waals surface area contributed by atoms with Gasteiger partial charge in [-0.1, -0.05) is 17.4 Å². The predicted molar refractivity (Wildman–Crippen MR) is 94.4 cm³/mol. The summed E-state index contributed by atoms with van der Waals surface area (Å²) in [4.78, 5) is 27.9. The molecule has 0 bridgehead atoms. The molecule has 0 atom stereocenters. The van der Waals surface area contributed by atoms with Crippen LogP contribution < -0.4 is 10.1 Å². The standard InChI is InChI=1S/C18H14N2O4S/c1-23-17(22)13-3-2-4-14(11-13)20-16(21)12-5-7-15(8-6-12)24-18-19-9-10-25-18/h2-11H,1H3,(H,20,21). The monoisotopic (exact) mass is 354 g/mol. The summed E-state index contributed by atoms with van der Waals surface area (Å²) >= 11 is 1.39. The zero-order valence-electron chi connectivity index (χ0n) is 13.3. The third-order valence-electron chi connectivity index (χ3n) is 3.27. The van der Waals surface area contributed by atoms with Gasteiger partial charge < -0.3 is 14.8 Å². The van der Waals surface area contributed by atoms with Crippen molar-refractivity contribution in [3.8, 4) is 10.9 Å². The average molecular weight is 354 g/mol. The van der Waals surface area contributed by atoms with Gasteiger partial charge >= 0.3 is 5.97 Å². The minimum Gasteiger partial charge on any atom is -0.465 e. The fraction of sp³-hybridized carbons (Fsp3) is 0.0556. The number of ether oxygens (including phenoxy) is 2. The number of carbonyl (C=O) groups excluding carboxylic acids is 2. The van der Waals surface area contributed by atoms with Gasteiger partial charge in [0, 0.05) is 22.8 Å². The predicted octanol–water partition coefficient (Wildman–Crippen LogP) is 3.97. The molecule has 6 nitrogen and oxygen atoms in total. The molecule has 3 rings (SSSR count). The topological polar surface area (TPSA) is 77.5 Å². The van der Waals surface area contributed by atoms with Gasteiger partial charge in [-0.3, -0.25) is 4.79 Å². The molecule has 0 aliphatic rings. The van der Waals surface area contributed by atoms with E-state index < -0.39 is 5.97 Å².